The molecule has 3 rings (SSSR count). The van der Waals surface area contributed by atoms with Crippen LogP contribution in [0.25, 0.3) is 0 Å². The van der Waals surface area contributed by atoms with Gasteiger partial charge in [0.25, 0.3) is 0 Å². The number of carbonyl (C=O) groups is 2. The molecule has 2 aliphatic rings. The lowest BCUT2D eigenvalue weighted by Gasteiger charge is -2.36. The number of rotatable bonds is 1. The lowest BCUT2D eigenvalue weighted by Crippen LogP contribution is -2.53. The molecule has 0 saturated carbocycles. The first kappa shape index (κ1) is 13.1. The van der Waals surface area contributed by atoms with Crippen LogP contribution in [-0.4, -0.2) is 31.1 Å². The molecule has 1 aromatic rings. The predicted molar refractivity (Wildman–Crippen MR) is 74.3 cm³/mol. The quantitative estimate of drug-likeness (QED) is 0.768. The van der Waals surface area contributed by atoms with Crippen molar-refractivity contribution in [2.45, 2.75) is 37.8 Å². The number of amides is 1. The highest BCUT2D eigenvalue weighted by molar-refractivity contribution is 6.04. The van der Waals surface area contributed by atoms with Crippen molar-refractivity contribution in [3.05, 3.63) is 29.3 Å². The van der Waals surface area contributed by atoms with E-state index in [-0.39, 0.29) is 11.9 Å². The highest BCUT2D eigenvalue weighted by Gasteiger charge is 2.40. The Balaban J connectivity index is 2.15. The summed E-state index contributed by atoms with van der Waals surface area (Å²) >= 11 is 0. The summed E-state index contributed by atoms with van der Waals surface area (Å²) in [6, 6.07) is 4.93. The molecule has 0 aliphatic carbocycles. The second kappa shape index (κ2) is 4.90. The number of ether oxygens (including phenoxy) is 1. The van der Waals surface area contributed by atoms with Crippen LogP contribution in [0, 0.1) is 0 Å². The van der Waals surface area contributed by atoms with Crippen LogP contribution in [0.3, 0.4) is 0 Å². The lowest BCUT2D eigenvalue weighted by atomic mass is 9.92. The van der Waals surface area contributed by atoms with E-state index in [4.69, 9.17) is 10.5 Å². The Labute approximate surface area is 117 Å². The van der Waals surface area contributed by atoms with Crippen molar-refractivity contribution in [2.24, 2.45) is 5.73 Å². The van der Waals surface area contributed by atoms with Crippen LogP contribution in [0.4, 0.5) is 5.69 Å². The number of anilines is 1. The Morgan fingerprint density at radius 3 is 2.60 bits per heavy atom. The van der Waals surface area contributed by atoms with Gasteiger partial charge in [-0.1, -0.05) is 18.2 Å². The number of esters is 1. The Kier molecular flexibility index (Phi) is 3.22. The zero-order chi connectivity index (χ0) is 14.3. The molecule has 0 aromatic heterocycles. The van der Waals surface area contributed by atoms with Crippen molar-refractivity contribution < 1.29 is 14.3 Å². The summed E-state index contributed by atoms with van der Waals surface area (Å²) < 4.78 is 4.85. The summed E-state index contributed by atoms with van der Waals surface area (Å²) in [7, 11) is 1.35. The minimum Gasteiger partial charge on any atom is -0.467 e. The number of carbonyl (C=O) groups excluding carboxylic acids is 2. The zero-order valence-corrected chi connectivity index (χ0v) is 11.5. The molecule has 0 unspecified atom stereocenters. The second-order valence-electron chi connectivity index (χ2n) is 5.36. The number of methoxy groups -OCH3 is 1. The molecule has 0 fully saturated rings. The maximum Gasteiger partial charge on any atom is 0.328 e. The molecule has 0 spiro atoms. The first-order chi connectivity index (χ1) is 9.63. The van der Waals surface area contributed by atoms with Crippen molar-refractivity contribution in [1.29, 1.82) is 0 Å². The third kappa shape index (κ3) is 1.89. The molecular formula is C15H18N2O3. The van der Waals surface area contributed by atoms with Gasteiger partial charge in [0.15, 0.2) is 0 Å². The fourth-order valence-electron chi connectivity index (χ4n) is 3.17. The van der Waals surface area contributed by atoms with Gasteiger partial charge in [-0.2, -0.15) is 0 Å². The first-order valence-corrected chi connectivity index (χ1v) is 6.90. The van der Waals surface area contributed by atoms with Crippen LogP contribution in [0.2, 0.25) is 0 Å². The minimum atomic E-state index is -0.555. The number of aryl methyl sites for hydroxylation is 2. The van der Waals surface area contributed by atoms with Gasteiger partial charge in [0.05, 0.1) is 18.8 Å². The van der Waals surface area contributed by atoms with Gasteiger partial charge in [0, 0.05) is 0 Å². The summed E-state index contributed by atoms with van der Waals surface area (Å²) in [4.78, 5) is 26.1. The number of nitrogens with zero attached hydrogens (tertiary/aromatic N) is 1. The number of hydrogen-bond donors (Lipinski definition) is 1. The van der Waals surface area contributed by atoms with Crippen molar-refractivity contribution in [3.8, 4) is 0 Å². The average Bonchev–Trinajstić information content (AvgIpc) is 2.60. The molecule has 1 amide bonds. The summed E-state index contributed by atoms with van der Waals surface area (Å²) in [6.07, 6.45) is 2.74. The molecule has 5 heteroatoms. The van der Waals surface area contributed by atoms with Crippen molar-refractivity contribution in [3.63, 3.8) is 0 Å². The fourth-order valence-corrected chi connectivity index (χ4v) is 3.17. The van der Waals surface area contributed by atoms with E-state index in [1.54, 1.807) is 4.90 Å². The average molecular weight is 274 g/mol. The normalized spacial score (nSPS) is 24.9. The molecule has 5 nitrogen and oxygen atoms in total. The molecule has 0 bridgehead atoms. The SMILES string of the molecule is COC(=O)[C@H]1CCc2cccc3c2N1C(=O)[C@H](N)CC3. The van der Waals surface area contributed by atoms with E-state index in [2.05, 4.69) is 0 Å². The summed E-state index contributed by atoms with van der Waals surface area (Å²) in [5, 5.41) is 0. The highest BCUT2D eigenvalue weighted by atomic mass is 16.5. The van der Waals surface area contributed by atoms with Gasteiger partial charge in [-0.15, -0.1) is 0 Å². The van der Waals surface area contributed by atoms with E-state index in [9.17, 15) is 9.59 Å². The van der Waals surface area contributed by atoms with Crippen LogP contribution < -0.4 is 10.6 Å². The topological polar surface area (TPSA) is 72.6 Å². The van der Waals surface area contributed by atoms with E-state index < -0.39 is 12.1 Å². The van der Waals surface area contributed by atoms with E-state index in [1.165, 1.54) is 7.11 Å². The Bertz CT molecular complexity index is 570. The first-order valence-electron chi connectivity index (χ1n) is 6.90. The maximum atomic E-state index is 12.5. The standard InChI is InChI=1S/C15H18N2O3/c1-20-15(19)12-8-6-10-4-2-3-9-5-7-11(16)14(18)17(12)13(9)10/h2-4,11-12H,5-8,16H2,1H3/t11-,12-/m1/s1. The smallest absolute Gasteiger partial charge is 0.328 e. The van der Waals surface area contributed by atoms with Gasteiger partial charge in [0.1, 0.15) is 6.04 Å². The van der Waals surface area contributed by atoms with Crippen LogP contribution in [0.15, 0.2) is 18.2 Å². The molecular weight excluding hydrogens is 256 g/mol. The second-order valence-corrected chi connectivity index (χ2v) is 5.36. The molecule has 2 atom stereocenters. The Morgan fingerprint density at radius 2 is 1.95 bits per heavy atom. The van der Waals surface area contributed by atoms with Crippen LogP contribution in [-0.2, 0) is 27.2 Å². The van der Waals surface area contributed by atoms with Gasteiger partial charge in [-0.05, 0) is 36.8 Å². The third-order valence-corrected chi connectivity index (χ3v) is 4.20. The molecule has 2 N–H and O–H groups in total. The monoisotopic (exact) mass is 274 g/mol. The Hall–Kier alpha value is -1.88. The van der Waals surface area contributed by atoms with E-state index in [0.717, 1.165) is 29.7 Å². The molecule has 1 aromatic carbocycles. The highest BCUT2D eigenvalue weighted by Crippen LogP contribution is 2.37. The number of para-hydroxylation sites is 1. The number of hydrogen-bond acceptors (Lipinski definition) is 4. The summed E-state index contributed by atoms with van der Waals surface area (Å²) in [5.74, 6) is -0.542. The zero-order valence-electron chi connectivity index (χ0n) is 11.5. The van der Waals surface area contributed by atoms with Crippen LogP contribution in [0.1, 0.15) is 24.0 Å². The van der Waals surface area contributed by atoms with Crippen molar-refractivity contribution >= 4 is 17.6 Å². The lowest BCUT2D eigenvalue weighted by molar-refractivity contribution is -0.144. The van der Waals surface area contributed by atoms with Gasteiger partial charge >= 0.3 is 5.97 Å². The molecule has 20 heavy (non-hydrogen) atoms. The number of nitrogens with two attached hydrogens (primary N) is 1. The molecule has 2 aliphatic heterocycles. The maximum absolute atomic E-state index is 12.5. The Morgan fingerprint density at radius 1 is 1.30 bits per heavy atom. The van der Waals surface area contributed by atoms with Gasteiger partial charge in [-0.3, -0.25) is 9.69 Å². The summed E-state index contributed by atoms with van der Waals surface area (Å²) in [6.45, 7) is 0. The summed E-state index contributed by atoms with van der Waals surface area (Å²) in [5.41, 5.74) is 9.05. The molecule has 2 heterocycles. The van der Waals surface area contributed by atoms with Crippen molar-refractivity contribution in [1.82, 2.24) is 0 Å². The van der Waals surface area contributed by atoms with Gasteiger partial charge in [-0.25, -0.2) is 4.79 Å². The number of benzene rings is 1. The van der Waals surface area contributed by atoms with Crippen LogP contribution in [0.5, 0.6) is 0 Å². The molecule has 0 radical (unpaired) electrons. The van der Waals surface area contributed by atoms with E-state index in [1.807, 2.05) is 18.2 Å². The van der Waals surface area contributed by atoms with Crippen molar-refractivity contribution in [2.75, 3.05) is 12.0 Å². The third-order valence-electron chi connectivity index (χ3n) is 4.20. The van der Waals surface area contributed by atoms with Gasteiger partial charge in [0.2, 0.25) is 5.91 Å². The van der Waals surface area contributed by atoms with Gasteiger partial charge < -0.3 is 10.5 Å². The van der Waals surface area contributed by atoms with Crippen LogP contribution >= 0.6 is 0 Å². The van der Waals surface area contributed by atoms with E-state index >= 15 is 0 Å². The molecule has 106 valence electrons. The van der Waals surface area contributed by atoms with E-state index in [0.29, 0.717) is 12.8 Å². The molecule has 0 saturated heterocycles. The largest absolute Gasteiger partial charge is 0.467 e. The minimum absolute atomic E-state index is 0.175. The predicted octanol–water partition coefficient (Wildman–Crippen LogP) is 0.781. The fraction of sp³-hybridized carbons (Fsp3) is 0.467.